The Bertz CT molecular complexity index is 766. The van der Waals surface area contributed by atoms with Crippen LogP contribution >= 0.6 is 0 Å². The van der Waals surface area contributed by atoms with Gasteiger partial charge in [-0.25, -0.2) is 5.43 Å². The van der Waals surface area contributed by atoms with Crippen molar-refractivity contribution in [2.75, 3.05) is 6.61 Å². The Morgan fingerprint density at radius 2 is 2.07 bits per heavy atom. The summed E-state index contributed by atoms with van der Waals surface area (Å²) in [6.45, 7) is 5.86. The molecule has 1 saturated carbocycles. The predicted octanol–water partition coefficient (Wildman–Crippen LogP) is 2.52. The van der Waals surface area contributed by atoms with E-state index < -0.39 is 23.4 Å². The van der Waals surface area contributed by atoms with Gasteiger partial charge in [0, 0.05) is 12.3 Å². The van der Waals surface area contributed by atoms with Crippen LogP contribution in [0.1, 0.15) is 51.5 Å². The van der Waals surface area contributed by atoms with Gasteiger partial charge in [-0.15, -0.1) is 0 Å². The first kappa shape index (κ1) is 21.6. The van der Waals surface area contributed by atoms with Gasteiger partial charge in [0.15, 0.2) is 0 Å². The zero-order valence-corrected chi connectivity index (χ0v) is 16.5. The summed E-state index contributed by atoms with van der Waals surface area (Å²) in [6, 6.07) is 11.2. The Morgan fingerprint density at radius 1 is 1.39 bits per heavy atom. The Labute approximate surface area is 165 Å². The van der Waals surface area contributed by atoms with E-state index in [0.29, 0.717) is 12.1 Å². The number of ether oxygens (including phenoxy) is 1. The molecular weight excluding hydrogens is 358 g/mol. The average molecular weight is 385 g/mol. The molecule has 1 amide bonds. The number of rotatable bonds is 6. The number of nitriles is 1. The molecule has 1 aromatic carbocycles. The van der Waals surface area contributed by atoms with E-state index in [9.17, 15) is 14.7 Å². The van der Waals surface area contributed by atoms with Crippen LogP contribution in [0.3, 0.4) is 0 Å². The highest BCUT2D eigenvalue weighted by Crippen LogP contribution is 2.41. The quantitative estimate of drug-likeness (QED) is 0.577. The lowest BCUT2D eigenvalue weighted by Gasteiger charge is -2.39. The first-order chi connectivity index (χ1) is 13.2. The van der Waals surface area contributed by atoms with Gasteiger partial charge in [-0.05, 0) is 24.8 Å². The van der Waals surface area contributed by atoms with Crippen LogP contribution in [-0.4, -0.2) is 34.9 Å². The first-order valence-corrected chi connectivity index (χ1v) is 9.39. The fourth-order valence-corrected chi connectivity index (χ4v) is 3.40. The van der Waals surface area contributed by atoms with E-state index in [1.165, 1.54) is 0 Å². The molecule has 0 unspecified atom stereocenters. The van der Waals surface area contributed by atoms with Crippen molar-refractivity contribution in [2.45, 2.75) is 51.6 Å². The van der Waals surface area contributed by atoms with E-state index >= 15 is 0 Å². The smallest absolute Gasteiger partial charge is 0.315 e. The fraction of sp³-hybridized carbons (Fsp3) is 0.524. The van der Waals surface area contributed by atoms with Gasteiger partial charge in [0.05, 0.1) is 24.0 Å². The number of carbonyl (C=O) groups is 2. The highest BCUT2D eigenvalue weighted by atomic mass is 16.5. The monoisotopic (exact) mass is 385 g/mol. The van der Waals surface area contributed by atoms with Crippen LogP contribution in [0.5, 0.6) is 0 Å². The lowest BCUT2D eigenvalue weighted by Crippen LogP contribution is -2.46. The summed E-state index contributed by atoms with van der Waals surface area (Å²) < 4.78 is 5.48. The molecule has 2 N–H and O–H groups in total. The summed E-state index contributed by atoms with van der Waals surface area (Å²) in [7, 11) is 0. The Balaban J connectivity index is 2.40. The molecule has 0 saturated heterocycles. The van der Waals surface area contributed by atoms with Crippen molar-refractivity contribution in [1.82, 2.24) is 5.43 Å². The Kier molecular flexibility index (Phi) is 7.30. The molecule has 3 atom stereocenters. The Morgan fingerprint density at radius 3 is 2.68 bits per heavy atom. The highest BCUT2D eigenvalue weighted by Gasteiger charge is 2.45. The maximum atomic E-state index is 12.9. The number of benzene rings is 1. The SMILES string of the molecule is CC(C)COC(=O)[C@@H]1/C(=N\NC(=O)CC#N)C[C@](C)(O)C[C@@H]1c1ccccc1. The van der Waals surface area contributed by atoms with Crippen molar-refractivity contribution in [2.24, 2.45) is 16.9 Å². The number of nitrogens with zero attached hydrogens (tertiary/aromatic N) is 2. The average Bonchev–Trinajstić information content (AvgIpc) is 2.64. The molecular formula is C21H27N3O4. The molecule has 0 heterocycles. The zero-order chi connectivity index (χ0) is 20.7. The normalized spacial score (nSPS) is 25.9. The predicted molar refractivity (Wildman–Crippen MR) is 104 cm³/mol. The van der Waals surface area contributed by atoms with Gasteiger partial charge in [-0.3, -0.25) is 9.59 Å². The third kappa shape index (κ3) is 5.89. The third-order valence-corrected chi connectivity index (χ3v) is 4.59. The summed E-state index contributed by atoms with van der Waals surface area (Å²) in [5.41, 5.74) is 2.48. The largest absolute Gasteiger partial charge is 0.465 e. The second-order valence-electron chi connectivity index (χ2n) is 7.87. The maximum absolute atomic E-state index is 12.9. The van der Waals surface area contributed by atoms with Crippen LogP contribution < -0.4 is 5.43 Å². The molecule has 28 heavy (non-hydrogen) atoms. The van der Waals surface area contributed by atoms with E-state index in [2.05, 4.69) is 10.5 Å². The minimum absolute atomic E-state index is 0.130. The lowest BCUT2D eigenvalue weighted by molar-refractivity contribution is -0.149. The third-order valence-electron chi connectivity index (χ3n) is 4.59. The van der Waals surface area contributed by atoms with Crippen molar-refractivity contribution >= 4 is 17.6 Å². The van der Waals surface area contributed by atoms with Crippen LogP contribution in [-0.2, 0) is 14.3 Å². The van der Waals surface area contributed by atoms with E-state index in [-0.39, 0.29) is 31.3 Å². The van der Waals surface area contributed by atoms with Crippen LogP contribution in [0, 0.1) is 23.2 Å². The van der Waals surface area contributed by atoms with E-state index in [4.69, 9.17) is 10.00 Å². The Hall–Kier alpha value is -2.72. The van der Waals surface area contributed by atoms with E-state index in [1.54, 1.807) is 13.0 Å². The standard InChI is InChI=1S/C21H27N3O4/c1-14(2)13-28-20(26)19-16(15-7-5-4-6-8-15)11-21(3,27)12-17(19)23-24-18(25)9-10-22/h4-8,14,16,19,27H,9,11-13H2,1-3H3,(H,24,25)/b23-17-/t16-,19+,21-/m1/s1. The number of hydrogen-bond donors (Lipinski definition) is 2. The molecule has 1 fully saturated rings. The molecule has 1 aliphatic carbocycles. The molecule has 7 nitrogen and oxygen atoms in total. The van der Waals surface area contributed by atoms with Crippen molar-refractivity contribution in [3.05, 3.63) is 35.9 Å². The van der Waals surface area contributed by atoms with Gasteiger partial charge in [0.2, 0.25) is 0 Å². The molecule has 1 aromatic rings. The second kappa shape index (κ2) is 9.47. The van der Waals surface area contributed by atoms with Gasteiger partial charge in [-0.2, -0.15) is 10.4 Å². The molecule has 0 radical (unpaired) electrons. The van der Waals surface area contributed by atoms with Gasteiger partial charge < -0.3 is 9.84 Å². The second-order valence-corrected chi connectivity index (χ2v) is 7.87. The fourth-order valence-electron chi connectivity index (χ4n) is 3.40. The van der Waals surface area contributed by atoms with E-state index in [0.717, 1.165) is 5.56 Å². The van der Waals surface area contributed by atoms with Crippen molar-refractivity contribution < 1.29 is 19.4 Å². The molecule has 0 aliphatic heterocycles. The summed E-state index contributed by atoms with van der Waals surface area (Å²) in [5.74, 6) is -1.86. The first-order valence-electron chi connectivity index (χ1n) is 9.39. The number of esters is 1. The lowest BCUT2D eigenvalue weighted by atomic mass is 9.68. The maximum Gasteiger partial charge on any atom is 0.315 e. The molecule has 0 bridgehead atoms. The van der Waals surface area contributed by atoms with Crippen molar-refractivity contribution in [1.29, 1.82) is 5.26 Å². The molecule has 0 aromatic heterocycles. The van der Waals surface area contributed by atoms with Crippen LogP contribution in [0.2, 0.25) is 0 Å². The van der Waals surface area contributed by atoms with E-state index in [1.807, 2.05) is 44.2 Å². The number of carbonyl (C=O) groups excluding carboxylic acids is 2. The number of amides is 1. The molecule has 150 valence electrons. The molecule has 0 spiro atoms. The molecule has 7 heteroatoms. The minimum Gasteiger partial charge on any atom is -0.465 e. The summed E-state index contributed by atoms with van der Waals surface area (Å²) in [5, 5.41) is 23.5. The van der Waals surface area contributed by atoms with Gasteiger partial charge >= 0.3 is 5.97 Å². The number of hydrazone groups is 1. The van der Waals surface area contributed by atoms with Crippen molar-refractivity contribution in [3.63, 3.8) is 0 Å². The van der Waals surface area contributed by atoms with Gasteiger partial charge in [0.25, 0.3) is 5.91 Å². The molecule has 2 rings (SSSR count). The summed E-state index contributed by atoms with van der Waals surface area (Å²) in [6.07, 6.45) is 0.159. The zero-order valence-electron chi connectivity index (χ0n) is 16.5. The topological polar surface area (TPSA) is 112 Å². The summed E-state index contributed by atoms with van der Waals surface area (Å²) >= 11 is 0. The van der Waals surface area contributed by atoms with Gasteiger partial charge in [-0.1, -0.05) is 44.2 Å². The van der Waals surface area contributed by atoms with Crippen molar-refractivity contribution in [3.8, 4) is 6.07 Å². The number of nitrogens with one attached hydrogen (secondary N) is 1. The number of aliphatic hydroxyl groups is 1. The minimum atomic E-state index is -1.09. The molecule has 1 aliphatic rings. The van der Waals surface area contributed by atoms with Gasteiger partial charge in [0.1, 0.15) is 12.3 Å². The summed E-state index contributed by atoms with van der Waals surface area (Å²) in [4.78, 5) is 24.6. The van der Waals surface area contributed by atoms with Crippen LogP contribution in [0.4, 0.5) is 0 Å². The van der Waals surface area contributed by atoms with Crippen LogP contribution in [0.25, 0.3) is 0 Å². The highest BCUT2D eigenvalue weighted by molar-refractivity contribution is 6.04. The number of hydrogen-bond acceptors (Lipinski definition) is 6. The van der Waals surface area contributed by atoms with Crippen LogP contribution in [0.15, 0.2) is 35.4 Å².